The van der Waals surface area contributed by atoms with Crippen molar-refractivity contribution in [1.82, 2.24) is 15.1 Å². The fourth-order valence-electron chi connectivity index (χ4n) is 3.44. The van der Waals surface area contributed by atoms with Gasteiger partial charge in [-0.1, -0.05) is 0 Å². The molecule has 1 aromatic carbocycles. The summed E-state index contributed by atoms with van der Waals surface area (Å²) in [5.41, 5.74) is 0.494. The molecule has 0 bridgehead atoms. The number of amides is 1. The average Bonchev–Trinajstić information content (AvgIpc) is 3.06. The van der Waals surface area contributed by atoms with Crippen LogP contribution in [0.1, 0.15) is 40.2 Å². The number of carbonyl (C=O) groups is 1. The Bertz CT molecular complexity index is 862. The molecule has 1 aromatic heterocycles. The van der Waals surface area contributed by atoms with Gasteiger partial charge in [0.1, 0.15) is 0 Å². The molecule has 0 unspecified atom stereocenters. The summed E-state index contributed by atoms with van der Waals surface area (Å²) in [4.78, 5) is 12.3. The minimum Gasteiger partial charge on any atom is -0.493 e. The second-order valence-corrected chi connectivity index (χ2v) is 6.53. The Morgan fingerprint density at radius 1 is 1.18 bits per heavy atom. The third-order valence-corrected chi connectivity index (χ3v) is 4.78. The number of benzene rings is 1. The summed E-state index contributed by atoms with van der Waals surface area (Å²) in [5.74, 6) is 0.575. The molecule has 1 heterocycles. The van der Waals surface area contributed by atoms with Crippen LogP contribution >= 0.6 is 0 Å². The largest absolute Gasteiger partial charge is 0.493 e. The lowest BCUT2D eigenvalue weighted by Crippen LogP contribution is -2.28. The molecule has 152 valence electrons. The Labute approximate surface area is 160 Å². The van der Waals surface area contributed by atoms with Gasteiger partial charge in [0.25, 0.3) is 5.91 Å². The van der Waals surface area contributed by atoms with Crippen molar-refractivity contribution in [2.24, 2.45) is 0 Å². The third kappa shape index (κ3) is 4.07. The van der Waals surface area contributed by atoms with Gasteiger partial charge in [0.05, 0.1) is 20.8 Å². The molecule has 0 radical (unpaired) electrons. The standard InChI is InChI=1S/C19H22F3N3O3/c1-27-15-8-7-12(11-16(15)28-2)18(26)23-9-10-25-14-6-4-3-5-13(14)17(24-25)19(20,21)22/h7-8,11H,3-6,9-10H2,1-2H3,(H,23,26). The molecular weight excluding hydrogens is 375 g/mol. The van der Waals surface area contributed by atoms with Crippen LogP contribution < -0.4 is 14.8 Å². The average molecular weight is 397 g/mol. The van der Waals surface area contributed by atoms with Crippen LogP contribution in [-0.4, -0.2) is 36.5 Å². The van der Waals surface area contributed by atoms with Gasteiger partial charge in [0.2, 0.25) is 0 Å². The number of nitrogens with one attached hydrogen (secondary N) is 1. The van der Waals surface area contributed by atoms with Crippen molar-refractivity contribution >= 4 is 5.91 Å². The van der Waals surface area contributed by atoms with Gasteiger partial charge < -0.3 is 14.8 Å². The smallest absolute Gasteiger partial charge is 0.435 e. The Morgan fingerprint density at radius 3 is 2.57 bits per heavy atom. The summed E-state index contributed by atoms with van der Waals surface area (Å²) in [6.45, 7) is 0.343. The quantitative estimate of drug-likeness (QED) is 0.813. The summed E-state index contributed by atoms with van der Waals surface area (Å²) >= 11 is 0. The number of nitrogens with zero attached hydrogens (tertiary/aromatic N) is 2. The van der Waals surface area contributed by atoms with E-state index in [0.717, 1.165) is 12.8 Å². The second kappa shape index (κ2) is 8.12. The number of rotatable bonds is 6. The van der Waals surface area contributed by atoms with E-state index in [2.05, 4.69) is 10.4 Å². The lowest BCUT2D eigenvalue weighted by molar-refractivity contribution is -0.142. The molecule has 3 rings (SSSR count). The fourth-order valence-corrected chi connectivity index (χ4v) is 3.44. The molecular formula is C19H22F3N3O3. The first-order valence-electron chi connectivity index (χ1n) is 9.01. The number of halogens is 3. The molecule has 0 fully saturated rings. The van der Waals surface area contributed by atoms with Gasteiger partial charge >= 0.3 is 6.18 Å². The molecule has 1 amide bonds. The summed E-state index contributed by atoms with van der Waals surface area (Å²) in [6, 6.07) is 4.76. The number of carbonyl (C=O) groups excluding carboxylic acids is 1. The van der Waals surface area contributed by atoms with Gasteiger partial charge in [-0.2, -0.15) is 18.3 Å². The number of hydrogen-bond acceptors (Lipinski definition) is 4. The Morgan fingerprint density at radius 2 is 1.89 bits per heavy atom. The van der Waals surface area contributed by atoms with Crippen LogP contribution in [0.3, 0.4) is 0 Å². The van der Waals surface area contributed by atoms with E-state index in [1.165, 1.54) is 18.9 Å². The van der Waals surface area contributed by atoms with E-state index in [1.54, 1.807) is 18.2 Å². The third-order valence-electron chi connectivity index (χ3n) is 4.78. The van der Waals surface area contributed by atoms with E-state index in [4.69, 9.17) is 9.47 Å². The highest BCUT2D eigenvalue weighted by Gasteiger charge is 2.39. The van der Waals surface area contributed by atoms with Crippen molar-refractivity contribution in [3.05, 3.63) is 40.7 Å². The van der Waals surface area contributed by atoms with Gasteiger partial charge in [-0.15, -0.1) is 0 Å². The monoisotopic (exact) mass is 397 g/mol. The lowest BCUT2D eigenvalue weighted by Gasteiger charge is -2.15. The first kappa shape index (κ1) is 20.0. The molecule has 0 aliphatic heterocycles. The zero-order valence-electron chi connectivity index (χ0n) is 15.7. The van der Waals surface area contributed by atoms with Crippen molar-refractivity contribution in [2.45, 2.75) is 38.4 Å². The molecule has 0 saturated heterocycles. The van der Waals surface area contributed by atoms with Gasteiger partial charge in [-0.05, 0) is 43.9 Å². The number of alkyl halides is 3. The molecule has 9 heteroatoms. The Balaban J connectivity index is 1.68. The van der Waals surface area contributed by atoms with E-state index < -0.39 is 11.9 Å². The minimum atomic E-state index is -4.46. The normalized spacial score (nSPS) is 13.8. The van der Waals surface area contributed by atoms with E-state index in [0.29, 0.717) is 41.2 Å². The summed E-state index contributed by atoms with van der Waals surface area (Å²) in [5, 5.41) is 6.50. The maximum atomic E-state index is 13.2. The van der Waals surface area contributed by atoms with Crippen molar-refractivity contribution < 1.29 is 27.4 Å². The van der Waals surface area contributed by atoms with Gasteiger partial charge in [0.15, 0.2) is 17.2 Å². The van der Waals surface area contributed by atoms with E-state index in [-0.39, 0.29) is 19.0 Å². The Kier molecular flexibility index (Phi) is 5.81. The number of hydrogen-bond donors (Lipinski definition) is 1. The molecule has 0 spiro atoms. The molecule has 28 heavy (non-hydrogen) atoms. The maximum absolute atomic E-state index is 13.2. The van der Waals surface area contributed by atoms with Crippen LogP contribution in [0.15, 0.2) is 18.2 Å². The van der Waals surface area contributed by atoms with Crippen LogP contribution in [-0.2, 0) is 25.6 Å². The summed E-state index contributed by atoms with van der Waals surface area (Å²) in [7, 11) is 2.97. The van der Waals surface area contributed by atoms with Gasteiger partial charge in [-0.3, -0.25) is 9.48 Å². The van der Waals surface area contributed by atoms with Crippen LogP contribution in [0.4, 0.5) is 13.2 Å². The zero-order chi connectivity index (χ0) is 20.3. The zero-order valence-corrected chi connectivity index (χ0v) is 15.7. The molecule has 1 aliphatic rings. The summed E-state index contributed by atoms with van der Waals surface area (Å²) < 4.78 is 51.4. The number of fused-ring (bicyclic) bond motifs is 1. The number of aromatic nitrogens is 2. The van der Waals surface area contributed by atoms with Crippen LogP contribution in [0.2, 0.25) is 0 Å². The van der Waals surface area contributed by atoms with Crippen LogP contribution in [0.5, 0.6) is 11.5 Å². The highest BCUT2D eigenvalue weighted by atomic mass is 19.4. The number of ether oxygens (including phenoxy) is 2. The van der Waals surface area contributed by atoms with Crippen LogP contribution in [0, 0.1) is 0 Å². The van der Waals surface area contributed by atoms with Gasteiger partial charge in [0, 0.05) is 23.4 Å². The highest BCUT2D eigenvalue weighted by molar-refractivity contribution is 5.94. The van der Waals surface area contributed by atoms with E-state index in [9.17, 15) is 18.0 Å². The maximum Gasteiger partial charge on any atom is 0.435 e. The first-order valence-corrected chi connectivity index (χ1v) is 9.01. The van der Waals surface area contributed by atoms with Crippen molar-refractivity contribution in [3.63, 3.8) is 0 Å². The molecule has 6 nitrogen and oxygen atoms in total. The van der Waals surface area contributed by atoms with E-state index >= 15 is 0 Å². The molecule has 1 aliphatic carbocycles. The minimum absolute atomic E-state index is 0.165. The topological polar surface area (TPSA) is 65.4 Å². The predicted octanol–water partition coefficient (Wildman–Crippen LogP) is 3.23. The highest BCUT2D eigenvalue weighted by Crippen LogP contribution is 2.35. The van der Waals surface area contributed by atoms with Crippen molar-refractivity contribution in [1.29, 1.82) is 0 Å². The predicted molar refractivity (Wildman–Crippen MR) is 95.8 cm³/mol. The molecule has 0 saturated carbocycles. The van der Waals surface area contributed by atoms with E-state index in [1.807, 2.05) is 0 Å². The van der Waals surface area contributed by atoms with Crippen LogP contribution in [0.25, 0.3) is 0 Å². The fraction of sp³-hybridized carbons (Fsp3) is 0.474. The molecule has 2 aromatic rings. The van der Waals surface area contributed by atoms with Gasteiger partial charge in [-0.25, -0.2) is 0 Å². The second-order valence-electron chi connectivity index (χ2n) is 6.53. The van der Waals surface area contributed by atoms with Crippen molar-refractivity contribution in [2.75, 3.05) is 20.8 Å². The SMILES string of the molecule is COc1ccc(C(=O)NCCn2nc(C(F)(F)F)c3c2CCCC3)cc1OC. The Hall–Kier alpha value is -2.71. The number of methoxy groups -OCH3 is 2. The summed E-state index contributed by atoms with van der Waals surface area (Å²) in [6.07, 6.45) is -1.93. The van der Waals surface area contributed by atoms with Crippen molar-refractivity contribution in [3.8, 4) is 11.5 Å². The first-order chi connectivity index (χ1) is 13.3. The lowest BCUT2D eigenvalue weighted by atomic mass is 9.95. The molecule has 1 N–H and O–H groups in total. The molecule has 0 atom stereocenters.